The van der Waals surface area contributed by atoms with Gasteiger partial charge in [-0.15, -0.1) is 0 Å². The highest BCUT2D eigenvalue weighted by Crippen LogP contribution is 2.61. The Bertz CT molecular complexity index is 1670. The zero-order valence-electron chi connectivity index (χ0n) is 22.0. The standard InChI is InChI=1S/C35H27NO4/c1-2-40-28-19-11-9-17-26(28)30-31(32(37)23-13-4-3-5-14-23)36-27-18-10-6-12-22(27)20-21-29(36)35(30)33(38)24-15-7-8-16-25(24)34(35)39/h3-21,29-31H,2H2,1H3/t29-,30+,31-/m0/s1. The number of carbonyl (C=O) groups is 3. The lowest BCUT2D eigenvalue weighted by molar-refractivity contribution is 0.0664. The Morgan fingerprint density at radius 2 is 1.43 bits per heavy atom. The van der Waals surface area contributed by atoms with Crippen molar-refractivity contribution in [1.29, 1.82) is 0 Å². The molecule has 1 aliphatic carbocycles. The van der Waals surface area contributed by atoms with Gasteiger partial charge in [-0.05, 0) is 24.6 Å². The van der Waals surface area contributed by atoms with Crippen LogP contribution < -0.4 is 9.64 Å². The summed E-state index contributed by atoms with van der Waals surface area (Å²) in [5.74, 6) is -0.843. The molecule has 0 aromatic heterocycles. The van der Waals surface area contributed by atoms with Crippen LogP contribution >= 0.6 is 0 Å². The summed E-state index contributed by atoms with van der Waals surface area (Å²) in [6.07, 6.45) is 3.92. The predicted octanol–water partition coefficient (Wildman–Crippen LogP) is 6.40. The average molecular weight is 526 g/mol. The molecule has 0 saturated carbocycles. The van der Waals surface area contributed by atoms with Crippen LogP contribution in [0.1, 0.15) is 55.0 Å². The molecule has 1 saturated heterocycles. The van der Waals surface area contributed by atoms with Gasteiger partial charge in [0, 0.05) is 33.9 Å². The lowest BCUT2D eigenvalue weighted by Crippen LogP contribution is -2.48. The Labute approximate surface area is 232 Å². The number of ketones is 3. The smallest absolute Gasteiger partial charge is 0.185 e. The van der Waals surface area contributed by atoms with Gasteiger partial charge in [0.1, 0.15) is 17.2 Å². The van der Waals surface area contributed by atoms with E-state index in [2.05, 4.69) is 0 Å². The van der Waals surface area contributed by atoms with E-state index in [0.717, 1.165) is 11.3 Å². The molecule has 1 fully saturated rings. The average Bonchev–Trinajstić information content (AvgIpc) is 3.44. The van der Waals surface area contributed by atoms with Crippen molar-refractivity contribution in [2.24, 2.45) is 5.41 Å². The summed E-state index contributed by atoms with van der Waals surface area (Å²) in [5, 5.41) is 0. The summed E-state index contributed by atoms with van der Waals surface area (Å²) < 4.78 is 6.09. The Balaban J connectivity index is 1.57. The molecule has 3 aliphatic rings. The summed E-state index contributed by atoms with van der Waals surface area (Å²) in [6, 6.07) is 30.1. The van der Waals surface area contributed by atoms with E-state index in [1.165, 1.54) is 0 Å². The number of nitrogens with zero attached hydrogens (tertiary/aromatic N) is 1. The van der Waals surface area contributed by atoms with E-state index in [4.69, 9.17) is 4.74 Å². The summed E-state index contributed by atoms with van der Waals surface area (Å²) in [7, 11) is 0. The Morgan fingerprint density at radius 1 is 0.800 bits per heavy atom. The van der Waals surface area contributed by atoms with Gasteiger partial charge in [-0.2, -0.15) is 0 Å². The Kier molecular flexibility index (Phi) is 5.56. The van der Waals surface area contributed by atoms with Gasteiger partial charge in [-0.25, -0.2) is 0 Å². The molecule has 5 nitrogen and oxygen atoms in total. The van der Waals surface area contributed by atoms with E-state index in [-0.39, 0.29) is 17.3 Å². The van der Waals surface area contributed by atoms with Crippen molar-refractivity contribution in [2.45, 2.75) is 24.9 Å². The van der Waals surface area contributed by atoms with Gasteiger partial charge < -0.3 is 9.64 Å². The van der Waals surface area contributed by atoms with E-state index in [1.807, 2.05) is 90.7 Å². The molecule has 40 heavy (non-hydrogen) atoms. The van der Waals surface area contributed by atoms with E-state index in [0.29, 0.717) is 34.6 Å². The number of Topliss-reactive ketones (excluding diaryl/α,β-unsaturated/α-hetero) is 3. The molecule has 5 heteroatoms. The van der Waals surface area contributed by atoms with Crippen molar-refractivity contribution in [2.75, 3.05) is 11.5 Å². The number of anilines is 1. The molecule has 1 spiro atoms. The van der Waals surface area contributed by atoms with E-state index < -0.39 is 23.4 Å². The van der Waals surface area contributed by atoms with Crippen LogP contribution in [0.15, 0.2) is 109 Å². The first-order valence-electron chi connectivity index (χ1n) is 13.6. The van der Waals surface area contributed by atoms with Crippen LogP contribution in [0.3, 0.4) is 0 Å². The van der Waals surface area contributed by atoms with Gasteiger partial charge in [0.05, 0.1) is 12.6 Å². The molecule has 0 radical (unpaired) electrons. The van der Waals surface area contributed by atoms with Crippen molar-refractivity contribution in [1.82, 2.24) is 0 Å². The van der Waals surface area contributed by atoms with Gasteiger partial charge in [-0.1, -0.05) is 103 Å². The molecular weight excluding hydrogens is 498 g/mol. The highest BCUT2D eigenvalue weighted by atomic mass is 16.5. The molecule has 196 valence electrons. The minimum Gasteiger partial charge on any atom is -0.494 e. The summed E-state index contributed by atoms with van der Waals surface area (Å²) in [5.41, 5.74) is 2.26. The number of ether oxygens (including phenoxy) is 1. The van der Waals surface area contributed by atoms with Crippen LogP contribution in [-0.2, 0) is 0 Å². The molecule has 0 unspecified atom stereocenters. The zero-order valence-corrected chi connectivity index (χ0v) is 22.0. The fourth-order valence-corrected chi connectivity index (χ4v) is 7.06. The second kappa shape index (κ2) is 9.16. The minimum atomic E-state index is -1.55. The lowest BCUT2D eigenvalue weighted by Gasteiger charge is -2.37. The molecule has 4 aromatic carbocycles. The number of carbonyl (C=O) groups excluding carboxylic acids is 3. The van der Waals surface area contributed by atoms with Crippen LogP contribution in [0.5, 0.6) is 5.75 Å². The molecular formula is C35H27NO4. The first-order chi connectivity index (χ1) is 19.6. The molecule has 0 bridgehead atoms. The van der Waals surface area contributed by atoms with Crippen molar-refractivity contribution >= 4 is 29.1 Å². The molecule has 7 rings (SSSR count). The fourth-order valence-electron chi connectivity index (χ4n) is 7.06. The zero-order chi connectivity index (χ0) is 27.4. The highest BCUT2D eigenvalue weighted by molar-refractivity contribution is 6.32. The van der Waals surface area contributed by atoms with Crippen molar-refractivity contribution < 1.29 is 19.1 Å². The number of benzene rings is 4. The largest absolute Gasteiger partial charge is 0.494 e. The molecule has 4 aromatic rings. The van der Waals surface area contributed by atoms with Crippen LogP contribution in [-0.4, -0.2) is 36.0 Å². The number of fused-ring (bicyclic) bond motifs is 5. The fraction of sp³-hybridized carbons (Fsp3) is 0.171. The quantitative estimate of drug-likeness (QED) is 0.223. The van der Waals surface area contributed by atoms with Crippen LogP contribution in [0.25, 0.3) is 6.08 Å². The number of rotatable bonds is 5. The SMILES string of the molecule is CCOc1ccccc1[C@@H]1[C@@H](C(=O)c2ccccc2)N2c3ccccc3C=C[C@H]2C12C(=O)c1ccccc1C2=O. The van der Waals surface area contributed by atoms with E-state index in [9.17, 15) is 14.4 Å². The van der Waals surface area contributed by atoms with Crippen LogP contribution in [0, 0.1) is 5.41 Å². The third kappa shape index (κ3) is 3.18. The monoisotopic (exact) mass is 525 g/mol. The van der Waals surface area contributed by atoms with E-state index in [1.54, 1.807) is 36.4 Å². The maximum atomic E-state index is 14.7. The van der Waals surface area contributed by atoms with Gasteiger partial charge in [0.25, 0.3) is 0 Å². The third-order valence-electron chi connectivity index (χ3n) is 8.59. The minimum absolute atomic E-state index is 0.138. The van der Waals surface area contributed by atoms with Gasteiger partial charge >= 0.3 is 0 Å². The second-order valence-corrected chi connectivity index (χ2v) is 10.5. The molecule has 3 atom stereocenters. The first-order valence-corrected chi connectivity index (χ1v) is 13.6. The normalized spacial score (nSPS) is 21.7. The molecule has 0 N–H and O–H groups in total. The first kappa shape index (κ1) is 24.3. The summed E-state index contributed by atoms with van der Waals surface area (Å²) >= 11 is 0. The van der Waals surface area contributed by atoms with Gasteiger partial charge in [0.15, 0.2) is 17.3 Å². The van der Waals surface area contributed by atoms with Crippen molar-refractivity contribution in [3.8, 4) is 5.75 Å². The number of hydrogen-bond acceptors (Lipinski definition) is 5. The van der Waals surface area contributed by atoms with Crippen LogP contribution in [0.2, 0.25) is 0 Å². The topological polar surface area (TPSA) is 63.7 Å². The Hall–Kier alpha value is -4.77. The second-order valence-electron chi connectivity index (χ2n) is 10.5. The number of hydrogen-bond donors (Lipinski definition) is 0. The predicted molar refractivity (Wildman–Crippen MR) is 154 cm³/mol. The van der Waals surface area contributed by atoms with Crippen molar-refractivity contribution in [3.63, 3.8) is 0 Å². The van der Waals surface area contributed by atoms with Gasteiger partial charge in [0.2, 0.25) is 0 Å². The maximum absolute atomic E-state index is 14.7. The lowest BCUT2D eigenvalue weighted by atomic mass is 9.64. The molecule has 2 aliphatic heterocycles. The Morgan fingerprint density at radius 3 is 2.15 bits per heavy atom. The van der Waals surface area contributed by atoms with Gasteiger partial charge in [-0.3, -0.25) is 14.4 Å². The summed E-state index contributed by atoms with van der Waals surface area (Å²) in [4.78, 5) is 46.1. The third-order valence-corrected chi connectivity index (χ3v) is 8.59. The highest BCUT2D eigenvalue weighted by Gasteiger charge is 2.71. The number of para-hydroxylation sites is 2. The van der Waals surface area contributed by atoms with Crippen molar-refractivity contribution in [3.05, 3.63) is 137 Å². The molecule has 2 heterocycles. The maximum Gasteiger partial charge on any atom is 0.185 e. The van der Waals surface area contributed by atoms with Crippen LogP contribution in [0.4, 0.5) is 5.69 Å². The van der Waals surface area contributed by atoms with E-state index >= 15 is 0 Å². The summed E-state index contributed by atoms with van der Waals surface area (Å²) in [6.45, 7) is 2.31. The molecule has 0 amide bonds.